The topological polar surface area (TPSA) is 51.8 Å². The van der Waals surface area contributed by atoms with Crippen molar-refractivity contribution in [3.05, 3.63) is 35.4 Å². The maximum Gasteiger partial charge on any atom is 0.203 e. The first-order valence-electron chi connectivity index (χ1n) is 4.31. The van der Waals surface area contributed by atoms with Gasteiger partial charge in [-0.1, -0.05) is 35.2 Å². The van der Waals surface area contributed by atoms with Crippen LogP contribution in [0.1, 0.15) is 5.56 Å². The maximum atomic E-state index is 13.3. The third kappa shape index (κ3) is 2.48. The fourth-order valence-electron chi connectivity index (χ4n) is 1.08. The van der Waals surface area contributed by atoms with E-state index in [0.29, 0.717) is 20.8 Å². The van der Waals surface area contributed by atoms with Crippen LogP contribution in [0.5, 0.6) is 0 Å². The van der Waals surface area contributed by atoms with Crippen molar-refractivity contribution in [2.45, 2.75) is 10.1 Å². The van der Waals surface area contributed by atoms with Crippen LogP contribution in [0, 0.1) is 11.6 Å². The van der Waals surface area contributed by atoms with E-state index < -0.39 is 11.6 Å². The van der Waals surface area contributed by atoms with Crippen LogP contribution >= 0.6 is 23.1 Å². The summed E-state index contributed by atoms with van der Waals surface area (Å²) < 4.78 is 26.8. The maximum absolute atomic E-state index is 13.3. The Balaban J connectivity index is 2.07. The molecule has 0 saturated heterocycles. The van der Waals surface area contributed by atoms with Gasteiger partial charge in [0.05, 0.1) is 0 Å². The van der Waals surface area contributed by atoms with Gasteiger partial charge in [-0.25, -0.2) is 8.78 Å². The van der Waals surface area contributed by atoms with Gasteiger partial charge in [0.2, 0.25) is 5.13 Å². The van der Waals surface area contributed by atoms with Crippen molar-refractivity contribution in [2.75, 3.05) is 5.73 Å². The van der Waals surface area contributed by atoms with Crippen LogP contribution in [0.15, 0.2) is 22.5 Å². The number of nitrogens with zero attached hydrogens (tertiary/aromatic N) is 2. The van der Waals surface area contributed by atoms with Crippen molar-refractivity contribution in [2.24, 2.45) is 0 Å². The zero-order chi connectivity index (χ0) is 11.5. The molecule has 0 aliphatic heterocycles. The van der Waals surface area contributed by atoms with E-state index in [2.05, 4.69) is 10.2 Å². The molecule has 1 aromatic carbocycles. The van der Waals surface area contributed by atoms with Gasteiger partial charge >= 0.3 is 0 Å². The predicted molar refractivity (Wildman–Crippen MR) is 60.2 cm³/mol. The van der Waals surface area contributed by atoms with Crippen LogP contribution in [0.4, 0.5) is 13.9 Å². The minimum Gasteiger partial charge on any atom is -0.374 e. The first kappa shape index (κ1) is 11.3. The molecular formula is C9H7F2N3S2. The van der Waals surface area contributed by atoms with Crippen LogP contribution in [0.2, 0.25) is 0 Å². The number of halogens is 2. The number of nitrogens with two attached hydrogens (primary N) is 1. The molecule has 0 radical (unpaired) electrons. The summed E-state index contributed by atoms with van der Waals surface area (Å²) >= 11 is 2.49. The number of anilines is 1. The van der Waals surface area contributed by atoms with E-state index in [4.69, 9.17) is 5.73 Å². The van der Waals surface area contributed by atoms with Crippen LogP contribution in [0.3, 0.4) is 0 Å². The summed E-state index contributed by atoms with van der Waals surface area (Å²) in [6.45, 7) is 0. The predicted octanol–water partition coefficient (Wildman–Crippen LogP) is 2.69. The van der Waals surface area contributed by atoms with Gasteiger partial charge in [-0.3, -0.25) is 0 Å². The van der Waals surface area contributed by atoms with Crippen molar-refractivity contribution in [3.63, 3.8) is 0 Å². The van der Waals surface area contributed by atoms with Crippen LogP contribution in [0.25, 0.3) is 0 Å². The summed E-state index contributed by atoms with van der Waals surface area (Å²) in [4.78, 5) is 0. The van der Waals surface area contributed by atoms with E-state index in [1.807, 2.05) is 0 Å². The highest BCUT2D eigenvalue weighted by Gasteiger charge is 2.09. The molecule has 84 valence electrons. The zero-order valence-electron chi connectivity index (χ0n) is 7.98. The molecule has 0 fully saturated rings. The van der Waals surface area contributed by atoms with Crippen LogP contribution < -0.4 is 5.73 Å². The standard InChI is InChI=1S/C9H7F2N3S2/c10-6-3-1-2-5(7(6)11)4-15-9-14-13-8(12)16-9/h1-3H,4H2,(H2,12,13). The third-order valence-corrected chi connectivity index (χ3v) is 3.74. The van der Waals surface area contributed by atoms with Crippen molar-refractivity contribution < 1.29 is 8.78 Å². The second kappa shape index (κ2) is 4.75. The Morgan fingerprint density at radius 2 is 2.12 bits per heavy atom. The number of hydrogen-bond acceptors (Lipinski definition) is 5. The van der Waals surface area contributed by atoms with Crippen molar-refractivity contribution in [3.8, 4) is 0 Å². The van der Waals surface area contributed by atoms with Gasteiger partial charge in [0.15, 0.2) is 16.0 Å². The molecule has 0 aliphatic carbocycles. The highest BCUT2D eigenvalue weighted by Crippen LogP contribution is 2.27. The number of benzene rings is 1. The number of aromatic nitrogens is 2. The zero-order valence-corrected chi connectivity index (χ0v) is 9.62. The molecule has 2 N–H and O–H groups in total. The molecule has 7 heteroatoms. The Morgan fingerprint density at radius 3 is 2.81 bits per heavy atom. The lowest BCUT2D eigenvalue weighted by Gasteiger charge is -2.01. The minimum atomic E-state index is -0.838. The molecule has 0 aliphatic rings. The second-order valence-electron chi connectivity index (χ2n) is 2.91. The molecule has 2 aromatic rings. The summed E-state index contributed by atoms with van der Waals surface area (Å²) in [7, 11) is 0. The molecule has 0 saturated carbocycles. The minimum absolute atomic E-state index is 0.304. The van der Waals surface area contributed by atoms with E-state index >= 15 is 0 Å². The Labute approximate surface area is 98.7 Å². The van der Waals surface area contributed by atoms with Gasteiger partial charge in [-0.15, -0.1) is 10.2 Å². The van der Waals surface area contributed by atoms with Gasteiger partial charge in [0.25, 0.3) is 0 Å². The molecule has 0 bridgehead atoms. The molecule has 3 nitrogen and oxygen atoms in total. The number of nitrogen functional groups attached to an aromatic ring is 1. The summed E-state index contributed by atoms with van der Waals surface area (Å²) in [5.74, 6) is -1.35. The summed E-state index contributed by atoms with van der Waals surface area (Å²) in [6, 6.07) is 4.10. The SMILES string of the molecule is Nc1nnc(SCc2cccc(F)c2F)s1. The van der Waals surface area contributed by atoms with Crippen molar-refractivity contribution in [1.29, 1.82) is 0 Å². The lowest BCUT2D eigenvalue weighted by molar-refractivity contribution is 0.502. The van der Waals surface area contributed by atoms with Gasteiger partial charge in [-0.05, 0) is 6.07 Å². The molecular weight excluding hydrogens is 252 g/mol. The van der Waals surface area contributed by atoms with E-state index in [9.17, 15) is 8.78 Å². The molecule has 0 amide bonds. The third-order valence-electron chi connectivity index (χ3n) is 1.80. The summed E-state index contributed by atoms with van der Waals surface area (Å²) in [5, 5.41) is 7.76. The lowest BCUT2D eigenvalue weighted by Crippen LogP contribution is -1.91. The Hall–Kier alpha value is -1.21. The summed E-state index contributed by atoms with van der Waals surface area (Å²) in [5.41, 5.74) is 5.70. The number of hydrogen-bond donors (Lipinski definition) is 1. The van der Waals surface area contributed by atoms with Crippen LogP contribution in [-0.2, 0) is 5.75 Å². The van der Waals surface area contributed by atoms with Crippen molar-refractivity contribution in [1.82, 2.24) is 10.2 Å². The monoisotopic (exact) mass is 259 g/mol. The molecule has 1 aromatic heterocycles. The first-order valence-corrected chi connectivity index (χ1v) is 6.11. The van der Waals surface area contributed by atoms with Gasteiger partial charge < -0.3 is 5.73 Å². The fourth-order valence-corrected chi connectivity index (χ4v) is 2.69. The molecule has 0 atom stereocenters. The van der Waals surface area contributed by atoms with Gasteiger partial charge in [-0.2, -0.15) is 0 Å². The smallest absolute Gasteiger partial charge is 0.203 e. The largest absolute Gasteiger partial charge is 0.374 e. The van der Waals surface area contributed by atoms with E-state index in [1.165, 1.54) is 35.2 Å². The van der Waals surface area contributed by atoms with Gasteiger partial charge in [0, 0.05) is 11.3 Å². The quantitative estimate of drug-likeness (QED) is 0.861. The molecule has 16 heavy (non-hydrogen) atoms. The molecule has 0 spiro atoms. The highest BCUT2D eigenvalue weighted by molar-refractivity contribution is 8.00. The Kier molecular flexibility index (Phi) is 3.35. The lowest BCUT2D eigenvalue weighted by atomic mass is 10.2. The van der Waals surface area contributed by atoms with E-state index in [-0.39, 0.29) is 0 Å². The second-order valence-corrected chi connectivity index (χ2v) is 5.14. The fraction of sp³-hybridized carbons (Fsp3) is 0.111. The van der Waals surface area contributed by atoms with Crippen molar-refractivity contribution >= 4 is 28.2 Å². The average Bonchev–Trinajstić information content (AvgIpc) is 2.67. The highest BCUT2D eigenvalue weighted by atomic mass is 32.2. The Bertz CT molecular complexity index is 501. The summed E-state index contributed by atoms with van der Waals surface area (Å²) in [6.07, 6.45) is 0. The number of thioether (sulfide) groups is 1. The average molecular weight is 259 g/mol. The molecule has 0 unspecified atom stereocenters. The van der Waals surface area contributed by atoms with E-state index in [0.717, 1.165) is 6.07 Å². The van der Waals surface area contributed by atoms with Gasteiger partial charge in [0.1, 0.15) is 0 Å². The molecule has 2 rings (SSSR count). The van der Waals surface area contributed by atoms with Crippen LogP contribution in [-0.4, -0.2) is 10.2 Å². The Morgan fingerprint density at radius 1 is 1.31 bits per heavy atom. The van der Waals surface area contributed by atoms with E-state index in [1.54, 1.807) is 0 Å². The number of rotatable bonds is 3. The molecule has 1 heterocycles. The normalized spacial score (nSPS) is 10.6. The first-order chi connectivity index (χ1) is 7.66.